The quantitative estimate of drug-likeness (QED) is 0.557. The highest BCUT2D eigenvalue weighted by molar-refractivity contribution is 4.95. The molecule has 0 radical (unpaired) electrons. The van der Waals surface area contributed by atoms with E-state index in [0.29, 0.717) is 12.5 Å². The van der Waals surface area contributed by atoms with E-state index in [1.165, 1.54) is 0 Å². The van der Waals surface area contributed by atoms with Gasteiger partial charge in [-0.25, -0.2) is 0 Å². The summed E-state index contributed by atoms with van der Waals surface area (Å²) < 4.78 is 0. The normalized spacial score (nSPS) is 26.0. The van der Waals surface area contributed by atoms with Crippen LogP contribution in [0.2, 0.25) is 0 Å². The Morgan fingerprint density at radius 3 is 2.50 bits per heavy atom. The van der Waals surface area contributed by atoms with Crippen molar-refractivity contribution in [1.29, 1.82) is 0 Å². The maximum atomic E-state index is 10.2. The Hall–Kier alpha value is -0.120. The van der Waals surface area contributed by atoms with Crippen molar-refractivity contribution in [3.05, 3.63) is 0 Å². The van der Waals surface area contributed by atoms with Crippen LogP contribution in [-0.4, -0.2) is 30.3 Å². The van der Waals surface area contributed by atoms with Gasteiger partial charge in [-0.2, -0.15) is 0 Å². The highest BCUT2D eigenvalue weighted by atomic mass is 16.3. The first kappa shape index (κ1) is 9.96. The molecule has 1 saturated heterocycles. The second kappa shape index (κ2) is 3.73. The van der Waals surface area contributed by atoms with Crippen molar-refractivity contribution in [2.24, 2.45) is 17.6 Å². The first-order chi connectivity index (χ1) is 5.62. The molecular weight excluding hydrogens is 152 g/mol. The number of rotatable bonds is 4. The average Bonchev–Trinajstić information content (AvgIpc) is 1.83. The van der Waals surface area contributed by atoms with Crippen LogP contribution in [0.3, 0.4) is 0 Å². The molecule has 4 N–H and O–H groups in total. The van der Waals surface area contributed by atoms with Gasteiger partial charge < -0.3 is 16.2 Å². The van der Waals surface area contributed by atoms with Gasteiger partial charge in [0.2, 0.25) is 0 Å². The van der Waals surface area contributed by atoms with Crippen LogP contribution >= 0.6 is 0 Å². The van der Waals surface area contributed by atoms with Crippen LogP contribution < -0.4 is 11.1 Å². The molecule has 3 nitrogen and oxygen atoms in total. The molecule has 0 amide bonds. The molecule has 12 heavy (non-hydrogen) atoms. The molecule has 2 atom stereocenters. The van der Waals surface area contributed by atoms with Gasteiger partial charge in [0.05, 0.1) is 5.60 Å². The fraction of sp³-hybridized carbons (Fsp3) is 1.00. The fourth-order valence-electron chi connectivity index (χ4n) is 1.85. The molecule has 1 aliphatic rings. The van der Waals surface area contributed by atoms with Crippen LogP contribution in [0.4, 0.5) is 0 Å². The van der Waals surface area contributed by atoms with Crippen molar-refractivity contribution in [3.8, 4) is 0 Å². The largest absolute Gasteiger partial charge is 0.389 e. The third-order valence-electron chi connectivity index (χ3n) is 3.21. The van der Waals surface area contributed by atoms with Crippen LogP contribution in [0.15, 0.2) is 0 Å². The lowest BCUT2D eigenvalue weighted by molar-refractivity contribution is -0.0692. The van der Waals surface area contributed by atoms with Crippen LogP contribution in [-0.2, 0) is 0 Å². The van der Waals surface area contributed by atoms with Crippen LogP contribution in [0.25, 0.3) is 0 Å². The first-order valence-corrected chi connectivity index (χ1v) is 4.76. The van der Waals surface area contributed by atoms with Gasteiger partial charge in [-0.1, -0.05) is 6.92 Å². The number of nitrogens with one attached hydrogen (secondary N) is 1. The van der Waals surface area contributed by atoms with Crippen molar-refractivity contribution in [2.75, 3.05) is 19.6 Å². The van der Waals surface area contributed by atoms with E-state index < -0.39 is 5.60 Å². The van der Waals surface area contributed by atoms with E-state index in [0.717, 1.165) is 19.5 Å². The number of hydrogen-bond acceptors (Lipinski definition) is 3. The van der Waals surface area contributed by atoms with E-state index in [9.17, 15) is 5.11 Å². The van der Waals surface area contributed by atoms with Gasteiger partial charge in [-0.05, 0) is 25.8 Å². The van der Waals surface area contributed by atoms with Crippen molar-refractivity contribution in [3.63, 3.8) is 0 Å². The first-order valence-electron chi connectivity index (χ1n) is 4.76. The van der Waals surface area contributed by atoms with Gasteiger partial charge in [0.15, 0.2) is 0 Å². The van der Waals surface area contributed by atoms with Gasteiger partial charge in [-0.3, -0.25) is 0 Å². The molecule has 0 spiro atoms. The fourth-order valence-corrected chi connectivity index (χ4v) is 1.85. The minimum absolute atomic E-state index is 0.240. The SMILES string of the molecule is CCC(CN)C(C)(O)C1CNC1. The second-order valence-corrected chi connectivity index (χ2v) is 3.92. The maximum Gasteiger partial charge on any atom is 0.0711 e. The summed E-state index contributed by atoms with van der Waals surface area (Å²) in [6.07, 6.45) is 0.958. The highest BCUT2D eigenvalue weighted by Crippen LogP contribution is 2.30. The Bertz CT molecular complexity index is 139. The Morgan fingerprint density at radius 1 is 1.67 bits per heavy atom. The van der Waals surface area contributed by atoms with Crippen molar-refractivity contribution >= 4 is 0 Å². The molecule has 0 aromatic rings. The zero-order valence-corrected chi connectivity index (χ0v) is 8.01. The van der Waals surface area contributed by atoms with E-state index in [2.05, 4.69) is 12.2 Å². The summed E-state index contributed by atoms with van der Waals surface area (Å²) in [6.45, 7) is 6.45. The molecule has 3 heteroatoms. The summed E-state index contributed by atoms with van der Waals surface area (Å²) >= 11 is 0. The summed E-state index contributed by atoms with van der Waals surface area (Å²) in [5, 5.41) is 13.3. The van der Waals surface area contributed by atoms with Gasteiger partial charge in [0, 0.05) is 19.0 Å². The summed E-state index contributed by atoms with van der Waals surface area (Å²) in [4.78, 5) is 0. The Balaban J connectivity index is 2.54. The van der Waals surface area contributed by atoms with Crippen molar-refractivity contribution < 1.29 is 5.11 Å². The maximum absolute atomic E-state index is 10.2. The molecule has 1 aliphatic heterocycles. The monoisotopic (exact) mass is 172 g/mol. The molecule has 1 heterocycles. The zero-order valence-electron chi connectivity index (χ0n) is 8.01. The predicted octanol–water partition coefficient (Wildman–Crippen LogP) is -0.0583. The minimum Gasteiger partial charge on any atom is -0.389 e. The Kier molecular flexibility index (Phi) is 3.09. The molecule has 0 aliphatic carbocycles. The summed E-state index contributed by atoms with van der Waals surface area (Å²) in [7, 11) is 0. The lowest BCUT2D eigenvalue weighted by Crippen LogP contribution is -2.58. The Labute approximate surface area is 74.3 Å². The molecule has 72 valence electrons. The van der Waals surface area contributed by atoms with Gasteiger partial charge in [-0.15, -0.1) is 0 Å². The van der Waals surface area contributed by atoms with E-state index in [1.54, 1.807) is 0 Å². The molecule has 0 aromatic heterocycles. The third-order valence-corrected chi connectivity index (χ3v) is 3.21. The van der Waals surface area contributed by atoms with Crippen molar-refractivity contribution in [2.45, 2.75) is 25.9 Å². The van der Waals surface area contributed by atoms with E-state index in [-0.39, 0.29) is 5.92 Å². The minimum atomic E-state index is -0.575. The lowest BCUT2D eigenvalue weighted by atomic mass is 9.74. The van der Waals surface area contributed by atoms with Crippen molar-refractivity contribution in [1.82, 2.24) is 5.32 Å². The standard InChI is InChI=1S/C9H20N2O/c1-3-7(4-10)9(2,12)8-5-11-6-8/h7-8,11-12H,3-6,10H2,1-2H3. The van der Waals surface area contributed by atoms with E-state index >= 15 is 0 Å². The van der Waals surface area contributed by atoms with Crippen LogP contribution in [0, 0.1) is 11.8 Å². The molecule has 1 rings (SSSR count). The van der Waals surface area contributed by atoms with E-state index in [4.69, 9.17) is 5.73 Å². The van der Waals surface area contributed by atoms with Crippen LogP contribution in [0.1, 0.15) is 20.3 Å². The third kappa shape index (κ3) is 1.63. The molecule has 1 fully saturated rings. The topological polar surface area (TPSA) is 58.3 Å². The zero-order chi connectivity index (χ0) is 9.19. The summed E-state index contributed by atoms with van der Waals surface area (Å²) in [6, 6.07) is 0. The Morgan fingerprint density at radius 2 is 2.25 bits per heavy atom. The van der Waals surface area contributed by atoms with Crippen LogP contribution in [0.5, 0.6) is 0 Å². The smallest absolute Gasteiger partial charge is 0.0711 e. The average molecular weight is 172 g/mol. The van der Waals surface area contributed by atoms with Gasteiger partial charge >= 0.3 is 0 Å². The number of nitrogens with two attached hydrogens (primary N) is 1. The van der Waals surface area contributed by atoms with Gasteiger partial charge in [0.25, 0.3) is 0 Å². The number of aliphatic hydroxyl groups is 1. The summed E-state index contributed by atoms with van der Waals surface area (Å²) in [5.74, 6) is 0.635. The summed E-state index contributed by atoms with van der Waals surface area (Å²) in [5.41, 5.74) is 5.03. The predicted molar refractivity (Wildman–Crippen MR) is 49.8 cm³/mol. The van der Waals surface area contributed by atoms with Gasteiger partial charge in [0.1, 0.15) is 0 Å². The second-order valence-electron chi connectivity index (χ2n) is 3.92. The molecule has 2 unspecified atom stereocenters. The van der Waals surface area contributed by atoms with E-state index in [1.807, 2.05) is 6.92 Å². The lowest BCUT2D eigenvalue weighted by Gasteiger charge is -2.44. The molecule has 0 bridgehead atoms. The number of hydrogen-bond donors (Lipinski definition) is 3. The molecular formula is C9H20N2O. The highest BCUT2D eigenvalue weighted by Gasteiger charge is 2.40. The molecule has 0 aromatic carbocycles. The molecule has 0 saturated carbocycles.